The van der Waals surface area contributed by atoms with E-state index < -0.39 is 0 Å². The molecule has 0 saturated carbocycles. The molecule has 2 aromatic carbocycles. The summed E-state index contributed by atoms with van der Waals surface area (Å²) in [6.07, 6.45) is 1.86. The second-order valence-electron chi connectivity index (χ2n) is 5.07. The molecule has 0 spiro atoms. The zero-order valence-corrected chi connectivity index (χ0v) is 13.0. The lowest BCUT2D eigenvalue weighted by molar-refractivity contribution is 0.165. The van der Waals surface area contributed by atoms with Crippen LogP contribution in [0.5, 0.6) is 0 Å². The van der Waals surface area contributed by atoms with Crippen molar-refractivity contribution in [1.29, 1.82) is 0 Å². The number of hydrogen-bond donors (Lipinski definition) is 1. The lowest BCUT2D eigenvalue weighted by atomic mass is 9.99. The maximum atomic E-state index is 10.1. The molecule has 0 aliphatic heterocycles. The maximum Gasteiger partial charge on any atom is 0.0595 e. The first-order chi connectivity index (χ1) is 9.56. The Balaban J connectivity index is 1.91. The molecule has 3 heteroatoms. The van der Waals surface area contributed by atoms with Gasteiger partial charge in [-0.05, 0) is 55.0 Å². The van der Waals surface area contributed by atoms with Gasteiger partial charge < -0.3 is 5.11 Å². The van der Waals surface area contributed by atoms with E-state index in [2.05, 4.69) is 19.1 Å². The van der Waals surface area contributed by atoms with Crippen LogP contribution >= 0.6 is 23.2 Å². The van der Waals surface area contributed by atoms with Crippen molar-refractivity contribution in [2.45, 2.75) is 32.3 Å². The quantitative estimate of drug-likeness (QED) is 0.838. The van der Waals surface area contributed by atoms with Crippen LogP contribution in [0.25, 0.3) is 0 Å². The van der Waals surface area contributed by atoms with E-state index in [1.807, 2.05) is 24.3 Å². The van der Waals surface area contributed by atoms with Crippen LogP contribution in [0.3, 0.4) is 0 Å². The highest BCUT2D eigenvalue weighted by Gasteiger charge is 2.08. The molecule has 0 aromatic heterocycles. The molecule has 106 valence electrons. The average molecular weight is 309 g/mol. The van der Waals surface area contributed by atoms with E-state index in [4.69, 9.17) is 23.2 Å². The van der Waals surface area contributed by atoms with Crippen LogP contribution < -0.4 is 0 Å². The van der Waals surface area contributed by atoms with E-state index in [1.54, 1.807) is 6.07 Å². The van der Waals surface area contributed by atoms with Gasteiger partial charge in [0.2, 0.25) is 0 Å². The second-order valence-corrected chi connectivity index (χ2v) is 5.89. The van der Waals surface area contributed by atoms with Gasteiger partial charge in [-0.2, -0.15) is 0 Å². The highest BCUT2D eigenvalue weighted by atomic mass is 35.5. The maximum absolute atomic E-state index is 10.1. The van der Waals surface area contributed by atoms with E-state index in [9.17, 15) is 5.11 Å². The predicted molar refractivity (Wildman–Crippen MR) is 85.7 cm³/mol. The van der Waals surface area contributed by atoms with Gasteiger partial charge in [0.05, 0.1) is 16.1 Å². The van der Waals surface area contributed by atoms with Gasteiger partial charge in [-0.3, -0.25) is 0 Å². The Bertz CT molecular complexity index is 581. The van der Waals surface area contributed by atoms with E-state index >= 15 is 0 Å². The van der Waals surface area contributed by atoms with Crippen molar-refractivity contribution >= 4 is 23.2 Å². The van der Waals surface area contributed by atoms with Crippen molar-refractivity contribution in [3.63, 3.8) is 0 Å². The summed E-state index contributed by atoms with van der Waals surface area (Å²) in [5, 5.41) is 11.2. The Labute approximate surface area is 130 Å². The highest BCUT2D eigenvalue weighted by molar-refractivity contribution is 6.42. The Morgan fingerprint density at radius 2 is 1.80 bits per heavy atom. The molecule has 0 bridgehead atoms. The van der Waals surface area contributed by atoms with Crippen molar-refractivity contribution in [2.75, 3.05) is 0 Å². The smallest absolute Gasteiger partial charge is 0.0595 e. The van der Waals surface area contributed by atoms with Gasteiger partial charge in [-0.15, -0.1) is 0 Å². The fourth-order valence-corrected chi connectivity index (χ4v) is 2.57. The number of hydrogen-bond acceptors (Lipinski definition) is 1. The number of halogens is 2. The Kier molecular flexibility index (Phi) is 5.47. The summed E-state index contributed by atoms with van der Waals surface area (Å²) in [7, 11) is 0. The van der Waals surface area contributed by atoms with Crippen molar-refractivity contribution in [3.8, 4) is 0 Å². The van der Waals surface area contributed by atoms with Gasteiger partial charge in [-0.25, -0.2) is 0 Å². The molecule has 1 nitrogen and oxygen atoms in total. The third-order valence-corrected chi connectivity index (χ3v) is 4.20. The molecule has 0 saturated heterocycles. The lowest BCUT2D eigenvalue weighted by Crippen LogP contribution is -2.12. The summed E-state index contributed by atoms with van der Waals surface area (Å²) >= 11 is 11.9. The molecular weight excluding hydrogens is 291 g/mol. The van der Waals surface area contributed by atoms with Crippen LogP contribution in [-0.2, 0) is 12.8 Å². The first kappa shape index (κ1) is 15.4. The molecule has 1 unspecified atom stereocenters. The number of rotatable bonds is 5. The number of aliphatic hydroxyl groups excluding tert-OH is 1. The van der Waals surface area contributed by atoms with E-state index in [1.165, 1.54) is 11.1 Å². The zero-order valence-electron chi connectivity index (χ0n) is 11.4. The van der Waals surface area contributed by atoms with Crippen LogP contribution in [0.2, 0.25) is 10.0 Å². The van der Waals surface area contributed by atoms with E-state index in [0.717, 1.165) is 18.4 Å². The third kappa shape index (κ3) is 4.24. The topological polar surface area (TPSA) is 20.2 Å². The van der Waals surface area contributed by atoms with Gasteiger partial charge in [-0.1, -0.05) is 53.5 Å². The van der Waals surface area contributed by atoms with Crippen LogP contribution in [0.15, 0.2) is 42.5 Å². The molecular formula is C17H18Cl2O. The van der Waals surface area contributed by atoms with Crippen LogP contribution in [0.4, 0.5) is 0 Å². The Morgan fingerprint density at radius 1 is 1.05 bits per heavy atom. The lowest BCUT2D eigenvalue weighted by Gasteiger charge is -2.12. The Hall–Kier alpha value is -1.02. The fraction of sp³-hybridized carbons (Fsp3) is 0.294. The number of aryl methyl sites for hydroxylation is 2. The normalized spacial score (nSPS) is 12.4. The number of aliphatic hydroxyl groups is 1. The molecule has 0 radical (unpaired) electrons. The first-order valence-electron chi connectivity index (χ1n) is 6.73. The molecule has 0 aliphatic carbocycles. The van der Waals surface area contributed by atoms with Gasteiger partial charge in [0.15, 0.2) is 0 Å². The molecule has 0 fully saturated rings. The molecule has 0 heterocycles. The van der Waals surface area contributed by atoms with Crippen LogP contribution in [0, 0.1) is 6.92 Å². The second kappa shape index (κ2) is 7.12. The van der Waals surface area contributed by atoms with Gasteiger partial charge in [0.25, 0.3) is 0 Å². The molecule has 0 aliphatic rings. The highest BCUT2D eigenvalue weighted by Crippen LogP contribution is 2.23. The standard InChI is InChI=1S/C17H18Cl2O/c1-12-4-2-3-5-14(12)7-8-15(20)10-13-6-9-16(18)17(19)11-13/h2-6,9,11,15,20H,7-8,10H2,1H3. The molecule has 1 N–H and O–H groups in total. The summed E-state index contributed by atoms with van der Waals surface area (Å²) in [4.78, 5) is 0. The third-order valence-electron chi connectivity index (χ3n) is 3.46. The Morgan fingerprint density at radius 3 is 2.50 bits per heavy atom. The van der Waals surface area contributed by atoms with Gasteiger partial charge >= 0.3 is 0 Å². The fourth-order valence-electron chi connectivity index (χ4n) is 2.25. The van der Waals surface area contributed by atoms with Crippen molar-refractivity contribution in [2.24, 2.45) is 0 Å². The minimum atomic E-state index is -0.369. The first-order valence-corrected chi connectivity index (χ1v) is 7.48. The minimum Gasteiger partial charge on any atom is -0.393 e. The minimum absolute atomic E-state index is 0.369. The molecule has 1 atom stereocenters. The van der Waals surface area contributed by atoms with Crippen LogP contribution in [0.1, 0.15) is 23.1 Å². The molecule has 20 heavy (non-hydrogen) atoms. The molecule has 2 aromatic rings. The number of benzene rings is 2. The van der Waals surface area contributed by atoms with Crippen molar-refractivity contribution < 1.29 is 5.11 Å². The summed E-state index contributed by atoms with van der Waals surface area (Å²) in [5.74, 6) is 0. The molecule has 0 amide bonds. The van der Waals surface area contributed by atoms with Gasteiger partial charge in [0.1, 0.15) is 0 Å². The summed E-state index contributed by atoms with van der Waals surface area (Å²) in [6.45, 7) is 2.10. The summed E-state index contributed by atoms with van der Waals surface area (Å²) in [6, 6.07) is 13.8. The summed E-state index contributed by atoms with van der Waals surface area (Å²) < 4.78 is 0. The summed E-state index contributed by atoms with van der Waals surface area (Å²) in [5.41, 5.74) is 3.58. The largest absolute Gasteiger partial charge is 0.393 e. The van der Waals surface area contributed by atoms with Gasteiger partial charge in [0, 0.05) is 0 Å². The van der Waals surface area contributed by atoms with E-state index in [0.29, 0.717) is 16.5 Å². The monoisotopic (exact) mass is 308 g/mol. The SMILES string of the molecule is Cc1ccccc1CCC(O)Cc1ccc(Cl)c(Cl)c1. The van der Waals surface area contributed by atoms with Crippen molar-refractivity contribution in [1.82, 2.24) is 0 Å². The average Bonchev–Trinajstić information content (AvgIpc) is 2.42. The van der Waals surface area contributed by atoms with E-state index in [-0.39, 0.29) is 6.10 Å². The predicted octanol–water partition coefficient (Wildman–Crippen LogP) is 4.84. The van der Waals surface area contributed by atoms with Crippen LogP contribution in [-0.4, -0.2) is 11.2 Å². The molecule has 2 rings (SSSR count). The zero-order chi connectivity index (χ0) is 14.5. The van der Waals surface area contributed by atoms with Crippen molar-refractivity contribution in [3.05, 3.63) is 69.2 Å².